The Balaban J connectivity index is 1.76. The summed E-state index contributed by atoms with van der Waals surface area (Å²) in [6.07, 6.45) is 0. The van der Waals surface area contributed by atoms with Gasteiger partial charge in [0.1, 0.15) is 5.75 Å². The molecule has 0 atom stereocenters. The fourth-order valence-corrected chi connectivity index (χ4v) is 2.52. The highest BCUT2D eigenvalue weighted by atomic mass is 35.5. The van der Waals surface area contributed by atoms with Crippen LogP contribution in [0.2, 0.25) is 10.0 Å². The van der Waals surface area contributed by atoms with Gasteiger partial charge in [-0.2, -0.15) is 0 Å². The summed E-state index contributed by atoms with van der Waals surface area (Å²) in [7, 11) is 0. The number of carbonyl (C=O) groups excluding carboxylic acids is 1. The lowest BCUT2D eigenvalue weighted by molar-refractivity contribution is 0.262. The van der Waals surface area contributed by atoms with Crippen LogP contribution in [0.15, 0.2) is 72.8 Å². The number of benzene rings is 3. The quantitative estimate of drug-likeness (QED) is 0.554. The molecule has 0 saturated carbocycles. The van der Waals surface area contributed by atoms with Gasteiger partial charge in [-0.15, -0.1) is 0 Å². The number of hydrogen-bond acceptors (Lipinski definition) is 2. The average Bonchev–Trinajstić information content (AvgIpc) is 2.58. The van der Waals surface area contributed by atoms with Gasteiger partial charge in [-0.3, -0.25) is 0 Å². The van der Waals surface area contributed by atoms with Crippen LogP contribution in [0, 0.1) is 0 Å². The molecule has 0 heterocycles. The largest absolute Gasteiger partial charge is 0.455 e. The molecular weight excluding hydrogens is 359 g/mol. The maximum absolute atomic E-state index is 12.2. The van der Waals surface area contributed by atoms with Gasteiger partial charge in [-0.25, -0.2) is 4.79 Å². The topological polar surface area (TPSA) is 50.4 Å². The summed E-state index contributed by atoms with van der Waals surface area (Å²) in [5.74, 6) is 1.14. The van der Waals surface area contributed by atoms with Crippen molar-refractivity contribution in [3.05, 3.63) is 82.8 Å². The van der Waals surface area contributed by atoms with Crippen molar-refractivity contribution in [2.75, 3.05) is 10.6 Å². The van der Waals surface area contributed by atoms with Crippen LogP contribution in [0.1, 0.15) is 0 Å². The Hall–Kier alpha value is -2.69. The highest BCUT2D eigenvalue weighted by Crippen LogP contribution is 2.32. The number of amides is 2. The minimum Gasteiger partial charge on any atom is -0.455 e. The summed E-state index contributed by atoms with van der Waals surface area (Å²) in [4.78, 5) is 12.2. The van der Waals surface area contributed by atoms with Crippen LogP contribution >= 0.6 is 23.2 Å². The number of ether oxygens (including phenoxy) is 1. The van der Waals surface area contributed by atoms with E-state index < -0.39 is 6.03 Å². The van der Waals surface area contributed by atoms with E-state index in [0.29, 0.717) is 32.9 Å². The van der Waals surface area contributed by atoms with E-state index in [4.69, 9.17) is 27.9 Å². The van der Waals surface area contributed by atoms with Crippen LogP contribution in [0.25, 0.3) is 0 Å². The first-order valence-electron chi connectivity index (χ1n) is 7.46. The van der Waals surface area contributed by atoms with Gasteiger partial charge in [0.2, 0.25) is 0 Å². The maximum atomic E-state index is 12.2. The lowest BCUT2D eigenvalue weighted by Crippen LogP contribution is -2.19. The number of nitrogens with one attached hydrogen (secondary N) is 2. The molecule has 0 aliphatic heterocycles. The normalized spacial score (nSPS) is 10.2. The Morgan fingerprint density at radius 1 is 0.800 bits per heavy atom. The molecule has 0 aromatic heterocycles. The highest BCUT2D eigenvalue weighted by molar-refractivity contribution is 6.31. The predicted octanol–water partition coefficient (Wildman–Crippen LogP) is 6.43. The Labute approximate surface area is 155 Å². The zero-order valence-electron chi connectivity index (χ0n) is 13.0. The molecule has 0 spiro atoms. The van der Waals surface area contributed by atoms with Crippen LogP contribution < -0.4 is 15.4 Å². The summed E-state index contributed by atoms with van der Waals surface area (Å²) in [6, 6.07) is 20.7. The molecule has 2 N–H and O–H groups in total. The van der Waals surface area contributed by atoms with Gasteiger partial charge >= 0.3 is 6.03 Å². The van der Waals surface area contributed by atoms with E-state index >= 15 is 0 Å². The Bertz CT molecular complexity index is 886. The van der Waals surface area contributed by atoms with Crippen LogP contribution in [-0.4, -0.2) is 6.03 Å². The van der Waals surface area contributed by atoms with E-state index in [9.17, 15) is 4.79 Å². The summed E-state index contributed by atoms with van der Waals surface area (Å²) < 4.78 is 5.81. The number of para-hydroxylation sites is 1. The zero-order chi connectivity index (χ0) is 17.6. The van der Waals surface area contributed by atoms with Gasteiger partial charge in [-0.05, 0) is 48.5 Å². The van der Waals surface area contributed by atoms with Crippen molar-refractivity contribution in [2.45, 2.75) is 0 Å². The highest BCUT2D eigenvalue weighted by Gasteiger charge is 2.10. The molecule has 0 aliphatic rings. The molecule has 0 bridgehead atoms. The van der Waals surface area contributed by atoms with Crippen molar-refractivity contribution < 1.29 is 9.53 Å². The SMILES string of the molecule is O=C(Nc1cccc(Cl)c1)Nc1cc(Cl)ccc1Oc1ccccc1. The number of anilines is 2. The number of rotatable bonds is 4. The second kappa shape index (κ2) is 7.92. The summed E-state index contributed by atoms with van der Waals surface area (Å²) >= 11 is 12.0. The summed E-state index contributed by atoms with van der Waals surface area (Å²) in [5.41, 5.74) is 1.04. The number of carbonyl (C=O) groups is 1. The van der Waals surface area contributed by atoms with E-state index in [1.165, 1.54) is 0 Å². The van der Waals surface area contributed by atoms with Crippen molar-refractivity contribution >= 4 is 40.6 Å². The molecule has 0 fully saturated rings. The summed E-state index contributed by atoms with van der Waals surface area (Å²) in [5, 5.41) is 6.47. The molecule has 25 heavy (non-hydrogen) atoms. The van der Waals surface area contributed by atoms with Crippen molar-refractivity contribution in [1.29, 1.82) is 0 Å². The van der Waals surface area contributed by atoms with Gasteiger partial charge in [0.05, 0.1) is 5.69 Å². The third kappa shape index (κ3) is 4.89. The van der Waals surface area contributed by atoms with E-state index in [2.05, 4.69) is 10.6 Å². The summed E-state index contributed by atoms with van der Waals surface area (Å²) in [6.45, 7) is 0. The molecule has 0 saturated heterocycles. The van der Waals surface area contributed by atoms with Gasteiger partial charge < -0.3 is 15.4 Å². The zero-order valence-corrected chi connectivity index (χ0v) is 14.5. The smallest absolute Gasteiger partial charge is 0.323 e. The first kappa shape index (κ1) is 17.1. The second-order valence-corrected chi connectivity index (χ2v) is 6.02. The molecule has 0 radical (unpaired) electrons. The van der Waals surface area contributed by atoms with E-state index in [1.807, 2.05) is 30.3 Å². The monoisotopic (exact) mass is 372 g/mol. The number of halogens is 2. The third-order valence-electron chi connectivity index (χ3n) is 3.24. The average molecular weight is 373 g/mol. The first-order valence-corrected chi connectivity index (χ1v) is 8.22. The standard InChI is InChI=1S/C19H14Cl2N2O2/c20-13-5-4-6-15(11-13)22-19(24)23-17-12-14(21)9-10-18(17)25-16-7-2-1-3-8-16/h1-12H,(H2,22,23,24). The van der Waals surface area contributed by atoms with Crippen LogP contribution in [0.4, 0.5) is 16.2 Å². The maximum Gasteiger partial charge on any atom is 0.323 e. The van der Waals surface area contributed by atoms with E-state index in [1.54, 1.807) is 42.5 Å². The van der Waals surface area contributed by atoms with Gasteiger partial charge in [0, 0.05) is 15.7 Å². The van der Waals surface area contributed by atoms with Crippen molar-refractivity contribution in [3.8, 4) is 11.5 Å². The predicted molar refractivity (Wildman–Crippen MR) is 102 cm³/mol. The molecule has 2 amide bonds. The molecule has 3 aromatic rings. The number of urea groups is 1. The Morgan fingerprint density at radius 3 is 2.32 bits per heavy atom. The molecule has 126 valence electrons. The van der Waals surface area contributed by atoms with Gasteiger partial charge in [0.15, 0.2) is 5.75 Å². The Morgan fingerprint density at radius 2 is 1.56 bits per heavy atom. The number of hydrogen-bond donors (Lipinski definition) is 2. The Kier molecular flexibility index (Phi) is 5.43. The van der Waals surface area contributed by atoms with Gasteiger partial charge in [0.25, 0.3) is 0 Å². The molecular formula is C19H14Cl2N2O2. The van der Waals surface area contributed by atoms with E-state index in [0.717, 1.165) is 0 Å². The van der Waals surface area contributed by atoms with Crippen molar-refractivity contribution in [2.24, 2.45) is 0 Å². The minimum atomic E-state index is -0.428. The third-order valence-corrected chi connectivity index (χ3v) is 3.71. The molecule has 4 nitrogen and oxygen atoms in total. The molecule has 3 aromatic carbocycles. The molecule has 0 aliphatic carbocycles. The molecule has 3 rings (SSSR count). The van der Waals surface area contributed by atoms with Crippen molar-refractivity contribution in [3.63, 3.8) is 0 Å². The van der Waals surface area contributed by atoms with Crippen molar-refractivity contribution in [1.82, 2.24) is 0 Å². The minimum absolute atomic E-state index is 0.428. The fourth-order valence-electron chi connectivity index (χ4n) is 2.16. The lowest BCUT2D eigenvalue weighted by Gasteiger charge is -2.13. The van der Waals surface area contributed by atoms with Gasteiger partial charge in [-0.1, -0.05) is 47.5 Å². The molecule has 6 heteroatoms. The lowest BCUT2D eigenvalue weighted by atomic mass is 10.3. The fraction of sp³-hybridized carbons (Fsp3) is 0. The van der Waals surface area contributed by atoms with Crippen LogP contribution in [-0.2, 0) is 0 Å². The second-order valence-electron chi connectivity index (χ2n) is 5.15. The molecule has 0 unspecified atom stereocenters. The first-order chi connectivity index (χ1) is 12.1. The van der Waals surface area contributed by atoms with E-state index in [-0.39, 0.29) is 0 Å². The van der Waals surface area contributed by atoms with Crippen LogP contribution in [0.5, 0.6) is 11.5 Å². The van der Waals surface area contributed by atoms with Crippen LogP contribution in [0.3, 0.4) is 0 Å².